The third-order valence-corrected chi connectivity index (χ3v) is 4.63. The molecule has 0 N–H and O–H groups in total. The lowest BCUT2D eigenvalue weighted by molar-refractivity contribution is 0.134. The van der Waals surface area contributed by atoms with E-state index in [-0.39, 0.29) is 23.6 Å². The highest BCUT2D eigenvalue weighted by molar-refractivity contribution is 5.77. The minimum atomic E-state index is -0.671. The summed E-state index contributed by atoms with van der Waals surface area (Å²) in [5.41, 5.74) is -0.134. The molecule has 8 heteroatoms. The Hall–Kier alpha value is -2.51. The monoisotopic (exact) mass is 349 g/mol. The number of urea groups is 1. The fraction of sp³-hybridized carbons (Fsp3) is 0.471. The van der Waals surface area contributed by atoms with E-state index in [1.165, 1.54) is 6.42 Å². The molecule has 1 fully saturated rings. The number of hydrogen-bond acceptors (Lipinski definition) is 4. The van der Waals surface area contributed by atoms with E-state index in [4.69, 9.17) is 0 Å². The Bertz CT molecular complexity index is 702. The molecule has 2 amide bonds. The van der Waals surface area contributed by atoms with Crippen LogP contribution in [0.3, 0.4) is 0 Å². The number of benzene rings is 1. The molecule has 1 aromatic rings. The summed E-state index contributed by atoms with van der Waals surface area (Å²) in [6, 6.07) is 2.82. The molecular weight excluding hydrogens is 328 g/mol. The van der Waals surface area contributed by atoms with E-state index in [0.29, 0.717) is 6.54 Å². The molecule has 0 radical (unpaired) electrons. The van der Waals surface area contributed by atoms with E-state index in [1.54, 1.807) is 4.90 Å². The maximum atomic E-state index is 14.0. The van der Waals surface area contributed by atoms with Gasteiger partial charge in [0, 0.05) is 18.7 Å². The highest BCUT2D eigenvalue weighted by Gasteiger charge is 2.35. The van der Waals surface area contributed by atoms with Crippen molar-refractivity contribution in [3.8, 4) is 0 Å². The average molecular weight is 349 g/mol. The van der Waals surface area contributed by atoms with Gasteiger partial charge in [-0.3, -0.25) is 0 Å². The van der Waals surface area contributed by atoms with Crippen molar-refractivity contribution in [3.05, 3.63) is 42.2 Å². The molecule has 1 aliphatic carbocycles. The van der Waals surface area contributed by atoms with Crippen molar-refractivity contribution < 1.29 is 13.6 Å². The highest BCUT2D eigenvalue weighted by atomic mass is 19.1. The summed E-state index contributed by atoms with van der Waals surface area (Å²) >= 11 is 0. The van der Waals surface area contributed by atoms with Crippen molar-refractivity contribution in [2.75, 3.05) is 11.6 Å². The van der Waals surface area contributed by atoms with Crippen LogP contribution < -0.4 is 5.01 Å². The normalized spacial score (nSPS) is 18.1. The van der Waals surface area contributed by atoms with Gasteiger partial charge in [0.15, 0.2) is 5.82 Å². The second kappa shape index (κ2) is 7.16. The molecule has 2 aliphatic rings. The average Bonchev–Trinajstić information content (AvgIpc) is 3.00. The van der Waals surface area contributed by atoms with Gasteiger partial charge in [0.05, 0.1) is 0 Å². The predicted molar refractivity (Wildman–Crippen MR) is 89.3 cm³/mol. The first-order chi connectivity index (χ1) is 12.0. The van der Waals surface area contributed by atoms with Gasteiger partial charge in [0.25, 0.3) is 0 Å². The first-order valence-electron chi connectivity index (χ1n) is 8.49. The fourth-order valence-corrected chi connectivity index (χ4v) is 3.32. The number of rotatable bonds is 3. The molecule has 3 rings (SSSR count). The predicted octanol–water partition coefficient (Wildman–Crippen LogP) is 4.61. The molecule has 0 spiro atoms. The largest absolute Gasteiger partial charge is 0.348 e. The maximum Gasteiger partial charge on any atom is 0.348 e. The Morgan fingerprint density at radius 1 is 1.28 bits per heavy atom. The third kappa shape index (κ3) is 3.33. The van der Waals surface area contributed by atoms with Crippen molar-refractivity contribution in [2.24, 2.45) is 10.4 Å². The Balaban J connectivity index is 1.78. The van der Waals surface area contributed by atoms with Gasteiger partial charge < -0.3 is 4.90 Å². The van der Waals surface area contributed by atoms with E-state index in [2.05, 4.69) is 17.0 Å². The summed E-state index contributed by atoms with van der Waals surface area (Å²) in [5, 5.41) is 9.67. The van der Waals surface area contributed by atoms with Crippen LogP contribution in [0.2, 0.25) is 0 Å². The standard InChI is InChI=1S/C17H21F2N5O/c1-3-22(14-7-5-4-6-8-14)17(25)24-12(2)23(20-21-24)16-11-13(18)9-10-15(16)19/h9-11,14H,2-8H2,1H3. The first kappa shape index (κ1) is 17.3. The summed E-state index contributed by atoms with van der Waals surface area (Å²) < 4.78 is 27.4. The summed E-state index contributed by atoms with van der Waals surface area (Å²) in [7, 11) is 0. The van der Waals surface area contributed by atoms with E-state index < -0.39 is 11.6 Å². The van der Waals surface area contributed by atoms with E-state index in [1.807, 2.05) is 6.92 Å². The van der Waals surface area contributed by atoms with Gasteiger partial charge in [0.1, 0.15) is 17.3 Å². The zero-order valence-electron chi connectivity index (χ0n) is 14.2. The third-order valence-electron chi connectivity index (χ3n) is 4.63. The van der Waals surface area contributed by atoms with Crippen LogP contribution in [-0.2, 0) is 0 Å². The van der Waals surface area contributed by atoms with Gasteiger partial charge in [-0.25, -0.2) is 13.6 Å². The van der Waals surface area contributed by atoms with E-state index in [0.717, 1.165) is 53.9 Å². The summed E-state index contributed by atoms with van der Waals surface area (Å²) in [6.07, 6.45) is 5.29. The second-order valence-corrected chi connectivity index (χ2v) is 6.17. The van der Waals surface area contributed by atoms with Gasteiger partial charge in [-0.05, 0) is 42.3 Å². The molecule has 25 heavy (non-hydrogen) atoms. The van der Waals surface area contributed by atoms with E-state index >= 15 is 0 Å². The van der Waals surface area contributed by atoms with Crippen LogP contribution in [0.4, 0.5) is 19.3 Å². The smallest absolute Gasteiger partial charge is 0.320 e. The molecule has 0 bridgehead atoms. The first-order valence-corrected chi connectivity index (χ1v) is 8.49. The molecule has 6 nitrogen and oxygen atoms in total. The van der Waals surface area contributed by atoms with Crippen molar-refractivity contribution in [1.29, 1.82) is 0 Å². The number of carbonyl (C=O) groups is 1. The molecule has 1 saturated carbocycles. The van der Waals surface area contributed by atoms with E-state index in [9.17, 15) is 13.6 Å². The van der Waals surface area contributed by atoms with Crippen molar-refractivity contribution in [2.45, 2.75) is 45.1 Å². The van der Waals surface area contributed by atoms with Crippen LogP contribution in [-0.4, -0.2) is 28.5 Å². The van der Waals surface area contributed by atoms with Crippen LogP contribution in [0.25, 0.3) is 0 Å². The van der Waals surface area contributed by atoms with Gasteiger partial charge in [0.2, 0.25) is 0 Å². The summed E-state index contributed by atoms with van der Waals surface area (Å²) in [4.78, 5) is 14.6. The second-order valence-electron chi connectivity index (χ2n) is 6.17. The fourth-order valence-electron chi connectivity index (χ4n) is 3.32. The molecule has 134 valence electrons. The molecular formula is C17H21F2N5O. The van der Waals surface area contributed by atoms with Crippen molar-refractivity contribution in [1.82, 2.24) is 9.91 Å². The lowest BCUT2D eigenvalue weighted by Crippen LogP contribution is -2.46. The minimum Gasteiger partial charge on any atom is -0.320 e. The SMILES string of the molecule is C=C1N(C(=O)N(CC)C2CCCCC2)N=NN1c1cc(F)ccc1F. The van der Waals surface area contributed by atoms with Crippen LogP contribution in [0, 0.1) is 11.6 Å². The Kier molecular flexibility index (Phi) is 4.96. The minimum absolute atomic E-state index is 0.0729. The zero-order chi connectivity index (χ0) is 18.0. The summed E-state index contributed by atoms with van der Waals surface area (Å²) in [6.45, 7) is 6.22. The molecule has 1 heterocycles. The van der Waals surface area contributed by atoms with Gasteiger partial charge in [-0.1, -0.05) is 25.8 Å². The Morgan fingerprint density at radius 3 is 2.68 bits per heavy atom. The van der Waals surface area contributed by atoms with Gasteiger partial charge >= 0.3 is 6.03 Å². The molecule has 0 saturated heterocycles. The van der Waals surface area contributed by atoms with Crippen LogP contribution in [0.5, 0.6) is 0 Å². The number of nitrogens with zero attached hydrogens (tertiary/aromatic N) is 5. The molecule has 1 aromatic carbocycles. The number of halogens is 2. The maximum absolute atomic E-state index is 14.0. The number of anilines is 1. The van der Waals surface area contributed by atoms with Gasteiger partial charge in [-0.2, -0.15) is 5.01 Å². The Morgan fingerprint density at radius 2 is 2.00 bits per heavy atom. The summed E-state index contributed by atoms with van der Waals surface area (Å²) in [5.74, 6) is -1.21. The molecule has 0 atom stereocenters. The van der Waals surface area contributed by atoms with Crippen molar-refractivity contribution >= 4 is 11.7 Å². The lowest BCUT2D eigenvalue weighted by Gasteiger charge is -2.34. The molecule has 1 aliphatic heterocycles. The number of hydrogen-bond donors (Lipinski definition) is 0. The van der Waals surface area contributed by atoms with Crippen molar-refractivity contribution in [3.63, 3.8) is 0 Å². The lowest BCUT2D eigenvalue weighted by atomic mass is 9.94. The van der Waals surface area contributed by atoms with Crippen LogP contribution in [0.15, 0.2) is 41.0 Å². The van der Waals surface area contributed by atoms with Crippen LogP contribution >= 0.6 is 0 Å². The van der Waals surface area contributed by atoms with Gasteiger partial charge in [-0.15, -0.1) is 5.01 Å². The number of carbonyl (C=O) groups excluding carboxylic acids is 1. The number of amides is 2. The molecule has 0 unspecified atom stereocenters. The highest BCUT2D eigenvalue weighted by Crippen LogP contribution is 2.31. The van der Waals surface area contributed by atoms with Crippen LogP contribution in [0.1, 0.15) is 39.0 Å². The quantitative estimate of drug-likeness (QED) is 0.800. The molecule has 0 aromatic heterocycles. The topological polar surface area (TPSA) is 51.5 Å². The zero-order valence-corrected chi connectivity index (χ0v) is 14.2. The Labute approximate surface area is 145 Å².